The van der Waals surface area contributed by atoms with Crippen molar-refractivity contribution in [2.75, 3.05) is 13.1 Å². The quantitative estimate of drug-likeness (QED) is 0.945. The van der Waals surface area contributed by atoms with Crippen LogP contribution in [0.2, 0.25) is 0 Å². The third kappa shape index (κ3) is 3.11. The van der Waals surface area contributed by atoms with E-state index in [0.717, 1.165) is 25.2 Å². The van der Waals surface area contributed by atoms with Gasteiger partial charge in [-0.3, -0.25) is 9.88 Å². The molecule has 2 aromatic rings. The van der Waals surface area contributed by atoms with Gasteiger partial charge in [-0.1, -0.05) is 12.1 Å². The number of halogens is 1. The average Bonchev–Trinajstić information content (AvgIpc) is 2.79. The largest absolute Gasteiger partial charge is 0.330 e. The molecule has 1 aromatic carbocycles. The van der Waals surface area contributed by atoms with E-state index in [1.807, 2.05) is 12.3 Å². The summed E-state index contributed by atoms with van der Waals surface area (Å²) in [7, 11) is 0. The van der Waals surface area contributed by atoms with Crippen LogP contribution in [0.4, 0.5) is 0 Å². The summed E-state index contributed by atoms with van der Waals surface area (Å²) in [5.74, 6) is 0.664. The number of nitrogens with zero attached hydrogens (tertiary/aromatic N) is 2. The fraction of sp³-hybridized carbons (Fsp3) is 0.438. The Morgan fingerprint density at radius 1 is 1.35 bits per heavy atom. The first-order chi connectivity index (χ1) is 9.26. The van der Waals surface area contributed by atoms with E-state index in [4.69, 9.17) is 5.73 Å². The van der Waals surface area contributed by atoms with Crippen molar-refractivity contribution in [3.05, 3.63) is 42.1 Å². The monoisotopic (exact) mass is 291 g/mol. The van der Waals surface area contributed by atoms with Gasteiger partial charge in [-0.15, -0.1) is 12.4 Å². The summed E-state index contributed by atoms with van der Waals surface area (Å²) >= 11 is 0. The molecule has 3 nitrogen and oxygen atoms in total. The van der Waals surface area contributed by atoms with Crippen LogP contribution in [0.1, 0.15) is 18.9 Å². The molecule has 0 amide bonds. The molecule has 0 spiro atoms. The molecule has 4 heteroatoms. The van der Waals surface area contributed by atoms with Crippen LogP contribution in [0.25, 0.3) is 10.9 Å². The summed E-state index contributed by atoms with van der Waals surface area (Å²) in [6.45, 7) is 5.26. The van der Waals surface area contributed by atoms with E-state index < -0.39 is 0 Å². The fourth-order valence-electron chi connectivity index (χ4n) is 3.07. The summed E-state index contributed by atoms with van der Waals surface area (Å²) < 4.78 is 0. The molecule has 1 aromatic heterocycles. The third-order valence-corrected chi connectivity index (χ3v) is 4.18. The van der Waals surface area contributed by atoms with Crippen molar-refractivity contribution in [2.24, 2.45) is 11.7 Å². The first kappa shape index (κ1) is 15.2. The van der Waals surface area contributed by atoms with Gasteiger partial charge in [0.1, 0.15) is 0 Å². The zero-order valence-electron chi connectivity index (χ0n) is 11.8. The van der Waals surface area contributed by atoms with E-state index in [0.29, 0.717) is 12.0 Å². The molecule has 2 unspecified atom stereocenters. The standard InChI is InChI=1S/C16H21N3.ClH/c1-12-7-14(9-17)11-19(12)10-13-4-5-16-15(8-13)3-2-6-18-16;/h2-6,8,12,14H,7,9-11,17H2,1H3;1H. The molecule has 20 heavy (non-hydrogen) atoms. The second-order valence-corrected chi connectivity index (χ2v) is 5.65. The Morgan fingerprint density at radius 3 is 2.95 bits per heavy atom. The smallest absolute Gasteiger partial charge is 0.0702 e. The molecule has 2 atom stereocenters. The highest BCUT2D eigenvalue weighted by molar-refractivity contribution is 5.85. The van der Waals surface area contributed by atoms with Crippen molar-refractivity contribution in [3.63, 3.8) is 0 Å². The Hall–Kier alpha value is -1.16. The number of benzene rings is 1. The molecule has 1 fully saturated rings. The van der Waals surface area contributed by atoms with Crippen molar-refractivity contribution in [1.29, 1.82) is 0 Å². The van der Waals surface area contributed by atoms with Crippen molar-refractivity contribution >= 4 is 23.3 Å². The summed E-state index contributed by atoms with van der Waals surface area (Å²) in [4.78, 5) is 6.90. The zero-order chi connectivity index (χ0) is 13.2. The van der Waals surface area contributed by atoms with Gasteiger partial charge in [0, 0.05) is 30.7 Å². The Morgan fingerprint density at radius 2 is 2.20 bits per heavy atom. The summed E-state index contributed by atoms with van der Waals surface area (Å²) in [5, 5.41) is 1.22. The van der Waals surface area contributed by atoms with Crippen LogP contribution in [0.15, 0.2) is 36.5 Å². The fourth-order valence-corrected chi connectivity index (χ4v) is 3.07. The molecule has 1 aliphatic rings. The normalized spacial score (nSPS) is 22.9. The number of likely N-dealkylation sites (tertiary alicyclic amines) is 1. The van der Waals surface area contributed by atoms with Crippen LogP contribution in [0.5, 0.6) is 0 Å². The van der Waals surface area contributed by atoms with Crippen molar-refractivity contribution < 1.29 is 0 Å². The second-order valence-electron chi connectivity index (χ2n) is 5.65. The maximum Gasteiger partial charge on any atom is 0.0702 e. The highest BCUT2D eigenvalue weighted by Gasteiger charge is 2.27. The van der Waals surface area contributed by atoms with Gasteiger partial charge in [0.25, 0.3) is 0 Å². The van der Waals surface area contributed by atoms with E-state index in [1.54, 1.807) is 0 Å². The van der Waals surface area contributed by atoms with E-state index >= 15 is 0 Å². The first-order valence-electron chi connectivity index (χ1n) is 7.04. The molecule has 1 aliphatic heterocycles. The predicted molar refractivity (Wildman–Crippen MR) is 86.0 cm³/mol. The second kappa shape index (κ2) is 6.53. The SMILES string of the molecule is CC1CC(CN)CN1Cc1ccc2ncccc2c1.Cl. The minimum atomic E-state index is 0. The molecule has 0 bridgehead atoms. The van der Waals surface area contributed by atoms with Gasteiger partial charge in [0.05, 0.1) is 5.52 Å². The molecule has 3 rings (SSSR count). The third-order valence-electron chi connectivity index (χ3n) is 4.18. The molecule has 2 N–H and O–H groups in total. The molecule has 0 radical (unpaired) electrons. The van der Waals surface area contributed by atoms with Gasteiger partial charge in [-0.2, -0.15) is 0 Å². The highest BCUT2D eigenvalue weighted by atomic mass is 35.5. The van der Waals surface area contributed by atoms with E-state index in [2.05, 4.69) is 41.1 Å². The molecule has 0 aliphatic carbocycles. The summed E-state index contributed by atoms with van der Waals surface area (Å²) in [5.41, 5.74) is 8.23. The lowest BCUT2D eigenvalue weighted by Gasteiger charge is -2.21. The van der Waals surface area contributed by atoms with Crippen LogP contribution in [0, 0.1) is 5.92 Å². The number of nitrogens with two attached hydrogens (primary N) is 1. The summed E-state index contributed by atoms with van der Waals surface area (Å²) in [6.07, 6.45) is 3.07. The van der Waals surface area contributed by atoms with E-state index in [1.165, 1.54) is 17.4 Å². The topological polar surface area (TPSA) is 42.1 Å². The van der Waals surface area contributed by atoms with Crippen LogP contribution >= 0.6 is 12.4 Å². The van der Waals surface area contributed by atoms with Crippen LogP contribution in [0.3, 0.4) is 0 Å². The lowest BCUT2D eigenvalue weighted by Crippen LogP contribution is -2.27. The zero-order valence-corrected chi connectivity index (χ0v) is 12.6. The Kier molecular flexibility index (Phi) is 4.97. The lowest BCUT2D eigenvalue weighted by molar-refractivity contribution is 0.256. The van der Waals surface area contributed by atoms with Crippen molar-refractivity contribution in [3.8, 4) is 0 Å². The minimum Gasteiger partial charge on any atom is -0.330 e. The lowest BCUT2D eigenvalue weighted by atomic mass is 10.1. The van der Waals surface area contributed by atoms with Gasteiger partial charge in [-0.05, 0) is 49.6 Å². The highest BCUT2D eigenvalue weighted by Crippen LogP contribution is 2.24. The molecular formula is C16H22ClN3. The first-order valence-corrected chi connectivity index (χ1v) is 7.04. The van der Waals surface area contributed by atoms with Gasteiger partial charge in [0.2, 0.25) is 0 Å². The number of hydrogen-bond donors (Lipinski definition) is 1. The number of fused-ring (bicyclic) bond motifs is 1. The van der Waals surface area contributed by atoms with E-state index in [9.17, 15) is 0 Å². The molecule has 108 valence electrons. The van der Waals surface area contributed by atoms with E-state index in [-0.39, 0.29) is 12.4 Å². The number of rotatable bonds is 3. The summed E-state index contributed by atoms with van der Waals surface area (Å²) in [6, 6.07) is 11.3. The van der Waals surface area contributed by atoms with Crippen LogP contribution in [-0.4, -0.2) is 29.0 Å². The predicted octanol–water partition coefficient (Wildman–Crippen LogP) is 2.83. The van der Waals surface area contributed by atoms with Gasteiger partial charge in [-0.25, -0.2) is 0 Å². The van der Waals surface area contributed by atoms with Crippen molar-refractivity contribution in [1.82, 2.24) is 9.88 Å². The molecular weight excluding hydrogens is 270 g/mol. The minimum absolute atomic E-state index is 0. The van der Waals surface area contributed by atoms with Crippen LogP contribution < -0.4 is 5.73 Å². The molecule has 1 saturated heterocycles. The molecule has 2 heterocycles. The van der Waals surface area contributed by atoms with Gasteiger partial charge >= 0.3 is 0 Å². The Bertz CT molecular complexity index is 572. The number of pyridine rings is 1. The Labute approximate surface area is 126 Å². The molecule has 0 saturated carbocycles. The number of aromatic nitrogens is 1. The Balaban J connectivity index is 0.00000147. The maximum atomic E-state index is 5.79. The maximum absolute atomic E-state index is 5.79. The average molecular weight is 292 g/mol. The van der Waals surface area contributed by atoms with Crippen molar-refractivity contribution in [2.45, 2.75) is 25.9 Å². The van der Waals surface area contributed by atoms with Crippen LogP contribution in [-0.2, 0) is 6.54 Å². The van der Waals surface area contributed by atoms with Gasteiger partial charge < -0.3 is 5.73 Å². The number of hydrogen-bond acceptors (Lipinski definition) is 3. The van der Waals surface area contributed by atoms with Gasteiger partial charge in [0.15, 0.2) is 0 Å².